The molecule has 1 nitrogen and oxygen atoms in total. The number of hydrogen-bond acceptors (Lipinski definition) is 1. The van der Waals surface area contributed by atoms with Gasteiger partial charge >= 0.3 is 0 Å². The quantitative estimate of drug-likeness (QED) is 0.267. The number of benzene rings is 6. The van der Waals surface area contributed by atoms with Gasteiger partial charge in [0.1, 0.15) is 5.82 Å². The van der Waals surface area contributed by atoms with Gasteiger partial charge in [0.05, 0.1) is 0 Å². The lowest BCUT2D eigenvalue weighted by Gasteiger charge is -2.15. The molecule has 0 bridgehead atoms. The lowest BCUT2D eigenvalue weighted by Crippen LogP contribution is -1.93. The van der Waals surface area contributed by atoms with Crippen LogP contribution in [-0.2, 0) is 0 Å². The first-order valence-corrected chi connectivity index (χ1v) is 12.1. The second-order valence-corrected chi connectivity index (χ2v) is 8.83. The van der Waals surface area contributed by atoms with Crippen LogP contribution in [0.15, 0.2) is 140 Å². The van der Waals surface area contributed by atoms with Crippen LogP contribution in [0.5, 0.6) is 0 Å². The highest BCUT2D eigenvalue weighted by Crippen LogP contribution is 2.37. The summed E-state index contributed by atoms with van der Waals surface area (Å²) in [5.41, 5.74) is 8.84. The van der Waals surface area contributed by atoms with Gasteiger partial charge in [-0.15, -0.1) is 0 Å². The van der Waals surface area contributed by atoms with Crippen LogP contribution in [0.4, 0.5) is 15.8 Å². The van der Waals surface area contributed by atoms with Gasteiger partial charge in [-0.05, 0) is 68.9 Å². The predicted molar refractivity (Wildman–Crippen MR) is 150 cm³/mol. The Morgan fingerprint density at radius 2 is 0.944 bits per heavy atom. The monoisotopic (exact) mass is 465 g/mol. The van der Waals surface area contributed by atoms with Crippen molar-refractivity contribution in [2.75, 3.05) is 5.32 Å². The van der Waals surface area contributed by atoms with Gasteiger partial charge in [-0.2, -0.15) is 0 Å². The van der Waals surface area contributed by atoms with E-state index in [1.807, 2.05) is 18.2 Å². The Morgan fingerprint density at radius 1 is 0.417 bits per heavy atom. The SMILES string of the molecule is Fc1ccc(-c2cccc3cccc(-c4ccc(Nc5ccccc5-c5ccccc5)cc4)c23)cc1. The third-order valence-corrected chi connectivity index (χ3v) is 6.55. The van der Waals surface area contributed by atoms with Gasteiger partial charge in [0.2, 0.25) is 0 Å². The van der Waals surface area contributed by atoms with Crippen LogP contribution in [0.25, 0.3) is 44.2 Å². The molecule has 0 saturated carbocycles. The molecule has 172 valence electrons. The molecule has 0 unspecified atom stereocenters. The van der Waals surface area contributed by atoms with E-state index in [4.69, 9.17) is 0 Å². The van der Waals surface area contributed by atoms with Crippen LogP contribution in [0.3, 0.4) is 0 Å². The van der Waals surface area contributed by atoms with E-state index in [2.05, 4.69) is 115 Å². The standard InChI is InChI=1S/C34H24FN/c35-28-20-16-25(17-21-28)31-13-6-10-27-11-7-14-32(34(27)31)26-18-22-29(23-19-26)36-33-15-5-4-12-30(33)24-8-2-1-3-9-24/h1-23,36H. The van der Waals surface area contributed by atoms with Crippen LogP contribution >= 0.6 is 0 Å². The van der Waals surface area contributed by atoms with Crippen molar-refractivity contribution < 1.29 is 4.39 Å². The van der Waals surface area contributed by atoms with Crippen molar-refractivity contribution in [2.45, 2.75) is 0 Å². The Balaban J connectivity index is 1.37. The molecule has 36 heavy (non-hydrogen) atoms. The fourth-order valence-corrected chi connectivity index (χ4v) is 4.80. The zero-order valence-corrected chi connectivity index (χ0v) is 19.7. The summed E-state index contributed by atoms with van der Waals surface area (Å²) in [4.78, 5) is 0. The zero-order valence-electron chi connectivity index (χ0n) is 19.7. The summed E-state index contributed by atoms with van der Waals surface area (Å²) in [5.74, 6) is -0.226. The van der Waals surface area contributed by atoms with Crippen LogP contribution in [0, 0.1) is 5.82 Å². The van der Waals surface area contributed by atoms with E-state index < -0.39 is 0 Å². The Labute approximate surface area is 210 Å². The summed E-state index contributed by atoms with van der Waals surface area (Å²) >= 11 is 0. The molecule has 0 aliphatic heterocycles. The van der Waals surface area contributed by atoms with E-state index in [0.717, 1.165) is 39.0 Å². The lowest BCUT2D eigenvalue weighted by molar-refractivity contribution is 0.628. The summed E-state index contributed by atoms with van der Waals surface area (Å²) in [6.07, 6.45) is 0. The average molecular weight is 466 g/mol. The van der Waals surface area contributed by atoms with Crippen molar-refractivity contribution in [3.05, 3.63) is 145 Å². The maximum Gasteiger partial charge on any atom is 0.123 e. The summed E-state index contributed by atoms with van der Waals surface area (Å²) in [7, 11) is 0. The van der Waals surface area contributed by atoms with E-state index in [-0.39, 0.29) is 5.82 Å². The average Bonchev–Trinajstić information content (AvgIpc) is 2.94. The number of para-hydroxylation sites is 1. The molecule has 0 heterocycles. The first-order chi connectivity index (χ1) is 17.8. The summed E-state index contributed by atoms with van der Waals surface area (Å²) < 4.78 is 13.6. The highest BCUT2D eigenvalue weighted by Gasteiger charge is 2.11. The molecule has 0 aromatic heterocycles. The topological polar surface area (TPSA) is 12.0 Å². The van der Waals surface area contributed by atoms with E-state index in [0.29, 0.717) is 0 Å². The van der Waals surface area contributed by atoms with Crippen LogP contribution < -0.4 is 5.32 Å². The number of rotatable bonds is 5. The molecule has 0 spiro atoms. The van der Waals surface area contributed by atoms with E-state index in [1.165, 1.54) is 28.6 Å². The van der Waals surface area contributed by atoms with Gasteiger partial charge in [-0.1, -0.05) is 109 Å². The highest BCUT2D eigenvalue weighted by molar-refractivity contribution is 6.06. The third-order valence-electron chi connectivity index (χ3n) is 6.55. The molecule has 6 rings (SSSR count). The van der Waals surface area contributed by atoms with Crippen molar-refractivity contribution >= 4 is 22.1 Å². The van der Waals surface area contributed by atoms with Crippen molar-refractivity contribution in [1.29, 1.82) is 0 Å². The van der Waals surface area contributed by atoms with Gasteiger partial charge in [-0.25, -0.2) is 4.39 Å². The minimum absolute atomic E-state index is 0.226. The molecular formula is C34H24FN. The van der Waals surface area contributed by atoms with Crippen LogP contribution in [0.1, 0.15) is 0 Å². The molecule has 0 atom stereocenters. The second kappa shape index (κ2) is 9.52. The molecule has 0 aliphatic carbocycles. The van der Waals surface area contributed by atoms with Gasteiger partial charge in [-0.3, -0.25) is 0 Å². The molecule has 0 aliphatic rings. The number of fused-ring (bicyclic) bond motifs is 1. The molecule has 0 fully saturated rings. The Kier molecular flexibility index (Phi) is 5.77. The normalized spacial score (nSPS) is 10.9. The van der Waals surface area contributed by atoms with Gasteiger partial charge in [0, 0.05) is 16.9 Å². The molecular weight excluding hydrogens is 441 g/mol. The van der Waals surface area contributed by atoms with Crippen molar-refractivity contribution in [2.24, 2.45) is 0 Å². The molecule has 0 saturated heterocycles. The molecule has 6 aromatic carbocycles. The van der Waals surface area contributed by atoms with Gasteiger partial charge in [0.25, 0.3) is 0 Å². The molecule has 2 heteroatoms. The fraction of sp³-hybridized carbons (Fsp3) is 0. The van der Waals surface area contributed by atoms with E-state index in [1.54, 1.807) is 0 Å². The molecule has 1 N–H and O–H groups in total. The zero-order chi connectivity index (χ0) is 24.3. The molecule has 0 radical (unpaired) electrons. The van der Waals surface area contributed by atoms with Crippen LogP contribution in [0.2, 0.25) is 0 Å². The van der Waals surface area contributed by atoms with E-state index >= 15 is 0 Å². The van der Waals surface area contributed by atoms with E-state index in [9.17, 15) is 4.39 Å². The largest absolute Gasteiger partial charge is 0.355 e. The van der Waals surface area contributed by atoms with Crippen molar-refractivity contribution in [1.82, 2.24) is 0 Å². The first-order valence-electron chi connectivity index (χ1n) is 12.1. The Morgan fingerprint density at radius 3 is 1.61 bits per heavy atom. The number of anilines is 2. The Bertz CT molecular complexity index is 1630. The Hall–Kier alpha value is -4.69. The molecule has 6 aromatic rings. The minimum Gasteiger partial charge on any atom is -0.355 e. The fourth-order valence-electron chi connectivity index (χ4n) is 4.80. The minimum atomic E-state index is -0.226. The maximum atomic E-state index is 13.6. The maximum absolute atomic E-state index is 13.6. The molecule has 0 amide bonds. The summed E-state index contributed by atoms with van der Waals surface area (Å²) in [6, 6.07) is 46.7. The van der Waals surface area contributed by atoms with Crippen molar-refractivity contribution in [3.63, 3.8) is 0 Å². The highest BCUT2D eigenvalue weighted by atomic mass is 19.1. The number of hydrogen-bond donors (Lipinski definition) is 1. The van der Waals surface area contributed by atoms with Gasteiger partial charge in [0.15, 0.2) is 0 Å². The third kappa shape index (κ3) is 4.25. The number of halogens is 1. The first kappa shape index (κ1) is 21.8. The van der Waals surface area contributed by atoms with Crippen LogP contribution in [-0.4, -0.2) is 0 Å². The summed E-state index contributed by atoms with van der Waals surface area (Å²) in [6.45, 7) is 0. The smallest absolute Gasteiger partial charge is 0.123 e. The number of nitrogens with one attached hydrogen (secondary N) is 1. The predicted octanol–water partition coefficient (Wildman–Crippen LogP) is 9.72. The summed E-state index contributed by atoms with van der Waals surface area (Å²) in [5, 5.41) is 5.92. The second-order valence-electron chi connectivity index (χ2n) is 8.83. The van der Waals surface area contributed by atoms with Gasteiger partial charge < -0.3 is 5.32 Å². The lowest BCUT2D eigenvalue weighted by atomic mass is 9.91. The van der Waals surface area contributed by atoms with Crippen molar-refractivity contribution in [3.8, 4) is 33.4 Å².